The number of nitrogens with zero attached hydrogens (tertiary/aromatic N) is 2. The Labute approximate surface area is 174 Å². The summed E-state index contributed by atoms with van der Waals surface area (Å²) in [6.45, 7) is 0.710. The van der Waals surface area contributed by atoms with Gasteiger partial charge in [-0.1, -0.05) is 54.6 Å². The summed E-state index contributed by atoms with van der Waals surface area (Å²) < 4.78 is 0. The fourth-order valence-electron chi connectivity index (χ4n) is 3.07. The molecule has 0 spiro atoms. The van der Waals surface area contributed by atoms with Gasteiger partial charge in [0.1, 0.15) is 5.82 Å². The average molecular weight is 400 g/mol. The van der Waals surface area contributed by atoms with Crippen molar-refractivity contribution in [3.8, 4) is 0 Å². The van der Waals surface area contributed by atoms with Gasteiger partial charge in [-0.05, 0) is 41.3 Å². The summed E-state index contributed by atoms with van der Waals surface area (Å²) in [5, 5.41) is 4.90. The summed E-state index contributed by atoms with van der Waals surface area (Å²) in [7, 11) is 0. The van der Waals surface area contributed by atoms with E-state index in [9.17, 15) is 4.79 Å². The quantitative estimate of drug-likeness (QED) is 0.436. The Balaban J connectivity index is 1.51. The number of hydrogen-bond donors (Lipinski definition) is 1. The number of aromatic nitrogens is 1. The van der Waals surface area contributed by atoms with Crippen molar-refractivity contribution < 1.29 is 4.79 Å². The van der Waals surface area contributed by atoms with Gasteiger partial charge in [0, 0.05) is 17.1 Å². The van der Waals surface area contributed by atoms with Crippen LogP contribution in [0.15, 0.2) is 96.5 Å². The van der Waals surface area contributed by atoms with Crippen LogP contribution in [0.1, 0.15) is 10.4 Å². The summed E-state index contributed by atoms with van der Waals surface area (Å²) in [5.41, 5.74) is 2.97. The third kappa shape index (κ3) is 5.09. The van der Waals surface area contributed by atoms with Crippen LogP contribution in [0.5, 0.6) is 0 Å². The molecule has 0 saturated carbocycles. The Kier molecular flexibility index (Phi) is 5.98. The van der Waals surface area contributed by atoms with Gasteiger partial charge in [0.25, 0.3) is 0 Å². The van der Waals surface area contributed by atoms with Gasteiger partial charge in [-0.3, -0.25) is 4.79 Å². The molecule has 2 aromatic carbocycles. The molecule has 0 aliphatic carbocycles. The molecule has 0 aliphatic rings. The predicted octanol–water partition coefficient (Wildman–Crippen LogP) is 5.66. The number of nitrogens with one attached hydrogen (secondary N) is 1. The molecule has 0 radical (unpaired) electrons. The van der Waals surface area contributed by atoms with Gasteiger partial charge in [-0.25, -0.2) is 4.98 Å². The van der Waals surface area contributed by atoms with Crippen molar-refractivity contribution in [2.24, 2.45) is 0 Å². The van der Waals surface area contributed by atoms with Crippen molar-refractivity contribution in [3.63, 3.8) is 0 Å². The summed E-state index contributed by atoms with van der Waals surface area (Å²) in [6, 6.07) is 28.3. The molecule has 0 fully saturated rings. The maximum absolute atomic E-state index is 12.2. The van der Waals surface area contributed by atoms with Crippen molar-refractivity contribution in [1.29, 1.82) is 0 Å². The highest BCUT2D eigenvalue weighted by Crippen LogP contribution is 2.26. The van der Waals surface area contributed by atoms with E-state index in [2.05, 4.69) is 39.5 Å². The molecule has 0 bridgehead atoms. The second kappa shape index (κ2) is 9.17. The standard InChI is InChI=1S/C24H21N3OS/c28-24(16-22-12-7-15-29-22)26-20-13-14-23(25-17-20)27(21-10-5-2-6-11-21)18-19-8-3-1-4-9-19/h1-15,17H,16,18H2,(H,26,28). The molecule has 0 unspecified atom stereocenters. The van der Waals surface area contributed by atoms with E-state index in [-0.39, 0.29) is 5.91 Å². The van der Waals surface area contributed by atoms with Crippen molar-refractivity contribution >= 4 is 34.4 Å². The third-order valence-electron chi connectivity index (χ3n) is 4.47. The van der Waals surface area contributed by atoms with E-state index in [0.717, 1.165) is 16.4 Å². The number of pyridine rings is 1. The molecule has 144 valence electrons. The van der Waals surface area contributed by atoms with E-state index in [1.807, 2.05) is 66.0 Å². The number of amides is 1. The highest BCUT2D eigenvalue weighted by atomic mass is 32.1. The van der Waals surface area contributed by atoms with E-state index in [1.54, 1.807) is 17.5 Å². The van der Waals surface area contributed by atoms with E-state index in [0.29, 0.717) is 18.7 Å². The minimum atomic E-state index is -0.0359. The Hall–Kier alpha value is -3.44. The lowest BCUT2D eigenvalue weighted by Gasteiger charge is -2.24. The Morgan fingerprint density at radius 3 is 2.31 bits per heavy atom. The lowest BCUT2D eigenvalue weighted by molar-refractivity contribution is -0.115. The number of carbonyl (C=O) groups excluding carboxylic acids is 1. The molecule has 1 amide bonds. The van der Waals surface area contributed by atoms with E-state index in [1.165, 1.54) is 5.56 Å². The van der Waals surface area contributed by atoms with E-state index < -0.39 is 0 Å². The minimum absolute atomic E-state index is 0.0359. The molecule has 2 heterocycles. The molecule has 0 saturated heterocycles. The molecule has 4 rings (SSSR count). The smallest absolute Gasteiger partial charge is 0.229 e. The van der Waals surface area contributed by atoms with Gasteiger partial charge in [-0.15, -0.1) is 11.3 Å². The first kappa shape index (κ1) is 18.9. The normalized spacial score (nSPS) is 10.5. The number of carbonyl (C=O) groups is 1. The number of thiophene rings is 1. The largest absolute Gasteiger partial charge is 0.324 e. The van der Waals surface area contributed by atoms with Crippen molar-refractivity contribution in [3.05, 3.63) is 107 Å². The summed E-state index contributed by atoms with van der Waals surface area (Å²) in [6.07, 6.45) is 2.09. The van der Waals surface area contributed by atoms with Gasteiger partial charge in [0.2, 0.25) is 5.91 Å². The molecule has 4 aromatic rings. The Morgan fingerprint density at radius 1 is 0.897 bits per heavy atom. The topological polar surface area (TPSA) is 45.2 Å². The molecule has 4 nitrogen and oxygen atoms in total. The number of hydrogen-bond acceptors (Lipinski definition) is 4. The van der Waals surface area contributed by atoms with E-state index >= 15 is 0 Å². The minimum Gasteiger partial charge on any atom is -0.324 e. The molecule has 5 heteroatoms. The number of rotatable bonds is 7. The SMILES string of the molecule is O=C(Cc1cccs1)Nc1ccc(N(Cc2ccccc2)c2ccccc2)nc1. The molecule has 0 atom stereocenters. The van der Waals surface area contributed by atoms with Crippen molar-refractivity contribution in [1.82, 2.24) is 4.98 Å². The number of anilines is 3. The van der Waals surface area contributed by atoms with Crippen LogP contribution in [0.2, 0.25) is 0 Å². The summed E-state index contributed by atoms with van der Waals surface area (Å²) >= 11 is 1.58. The maximum Gasteiger partial charge on any atom is 0.229 e. The van der Waals surface area contributed by atoms with Gasteiger partial charge in [0.05, 0.1) is 18.3 Å². The zero-order chi connectivity index (χ0) is 19.9. The van der Waals surface area contributed by atoms with Crippen LogP contribution in [0.4, 0.5) is 17.2 Å². The van der Waals surface area contributed by atoms with Crippen LogP contribution in [-0.4, -0.2) is 10.9 Å². The first-order chi connectivity index (χ1) is 14.3. The van der Waals surface area contributed by atoms with Crippen molar-refractivity contribution in [2.75, 3.05) is 10.2 Å². The molecule has 1 N–H and O–H groups in total. The van der Waals surface area contributed by atoms with E-state index in [4.69, 9.17) is 0 Å². The highest BCUT2D eigenvalue weighted by Gasteiger charge is 2.12. The van der Waals surface area contributed by atoms with Crippen LogP contribution >= 0.6 is 11.3 Å². The Bertz CT molecular complexity index is 1030. The zero-order valence-electron chi connectivity index (χ0n) is 15.9. The summed E-state index contributed by atoms with van der Waals surface area (Å²) in [4.78, 5) is 20.0. The summed E-state index contributed by atoms with van der Waals surface area (Å²) in [5.74, 6) is 0.794. The third-order valence-corrected chi connectivity index (χ3v) is 5.35. The second-order valence-electron chi connectivity index (χ2n) is 6.62. The Morgan fingerprint density at radius 2 is 1.66 bits per heavy atom. The van der Waals surface area contributed by atoms with Crippen LogP contribution in [0, 0.1) is 0 Å². The number of para-hydroxylation sites is 1. The van der Waals surface area contributed by atoms with Crippen LogP contribution in [0.3, 0.4) is 0 Å². The molecule has 0 aliphatic heterocycles. The first-order valence-corrected chi connectivity index (χ1v) is 10.3. The lowest BCUT2D eigenvalue weighted by Crippen LogP contribution is -2.18. The molecular formula is C24H21N3OS. The molecular weight excluding hydrogens is 378 g/mol. The second-order valence-corrected chi connectivity index (χ2v) is 7.65. The van der Waals surface area contributed by atoms with Crippen LogP contribution in [0.25, 0.3) is 0 Å². The van der Waals surface area contributed by atoms with Crippen LogP contribution < -0.4 is 10.2 Å². The highest BCUT2D eigenvalue weighted by molar-refractivity contribution is 7.10. The fraction of sp³-hybridized carbons (Fsp3) is 0.0833. The first-order valence-electron chi connectivity index (χ1n) is 9.43. The van der Waals surface area contributed by atoms with Crippen LogP contribution in [-0.2, 0) is 17.8 Å². The molecule has 29 heavy (non-hydrogen) atoms. The fourth-order valence-corrected chi connectivity index (χ4v) is 3.78. The predicted molar refractivity (Wildman–Crippen MR) is 120 cm³/mol. The lowest BCUT2D eigenvalue weighted by atomic mass is 10.2. The monoisotopic (exact) mass is 399 g/mol. The maximum atomic E-state index is 12.2. The molecule has 2 aromatic heterocycles. The van der Waals surface area contributed by atoms with Gasteiger partial charge >= 0.3 is 0 Å². The number of benzene rings is 2. The van der Waals surface area contributed by atoms with Gasteiger partial charge < -0.3 is 10.2 Å². The van der Waals surface area contributed by atoms with Gasteiger partial charge in [-0.2, -0.15) is 0 Å². The zero-order valence-corrected chi connectivity index (χ0v) is 16.7. The average Bonchev–Trinajstić information content (AvgIpc) is 3.27. The van der Waals surface area contributed by atoms with Crippen molar-refractivity contribution in [2.45, 2.75) is 13.0 Å². The van der Waals surface area contributed by atoms with Gasteiger partial charge in [0.15, 0.2) is 0 Å².